The summed E-state index contributed by atoms with van der Waals surface area (Å²) in [5.74, 6) is -0.363. The average molecular weight is 527 g/mol. The summed E-state index contributed by atoms with van der Waals surface area (Å²) in [7, 11) is -3.50. The van der Waals surface area contributed by atoms with Crippen LogP contribution in [0.15, 0.2) is 47.4 Å². The highest BCUT2D eigenvalue weighted by Gasteiger charge is 2.25. The van der Waals surface area contributed by atoms with E-state index in [0.29, 0.717) is 41.7 Å². The van der Waals surface area contributed by atoms with E-state index in [9.17, 15) is 23.3 Å². The molecule has 2 heterocycles. The van der Waals surface area contributed by atoms with E-state index in [-0.39, 0.29) is 34.5 Å². The van der Waals surface area contributed by atoms with Gasteiger partial charge in [0, 0.05) is 50.1 Å². The largest absolute Gasteiger partial charge is 0.379 e. The number of carbonyl (C=O) groups excluding carboxylic acids is 1. The molecule has 0 N–H and O–H groups in total. The van der Waals surface area contributed by atoms with E-state index in [1.54, 1.807) is 12.1 Å². The third kappa shape index (κ3) is 5.70. The number of sulfone groups is 1. The zero-order valence-electron chi connectivity index (χ0n) is 18.2. The fraction of sp³-hybridized carbons (Fsp3) is 0.333. The van der Waals surface area contributed by atoms with Crippen LogP contribution >= 0.6 is 23.7 Å². The van der Waals surface area contributed by atoms with Crippen molar-refractivity contribution >= 4 is 60.5 Å². The van der Waals surface area contributed by atoms with Crippen LogP contribution in [0.25, 0.3) is 10.2 Å². The standard InChI is InChI=1S/C21H22N4O6S2.ClH/c1-33(29,30)18-4-2-3-17-19(18)22-21(32-17)24(10-9-23-11-13-31-14-12-23)20(26)15-5-7-16(8-6-15)25(27)28;/h2-8H,9-14H2,1H3;1H. The molecule has 4 rings (SSSR count). The molecule has 10 nitrogen and oxygen atoms in total. The molecule has 2 aromatic carbocycles. The smallest absolute Gasteiger partial charge is 0.269 e. The van der Waals surface area contributed by atoms with Crippen LogP contribution in [0.5, 0.6) is 0 Å². The van der Waals surface area contributed by atoms with E-state index in [4.69, 9.17) is 4.74 Å². The summed E-state index contributed by atoms with van der Waals surface area (Å²) in [5.41, 5.74) is 0.502. The van der Waals surface area contributed by atoms with Crippen LogP contribution < -0.4 is 4.90 Å². The summed E-state index contributed by atoms with van der Waals surface area (Å²) in [5, 5.41) is 11.3. The number of non-ortho nitro benzene ring substituents is 1. The van der Waals surface area contributed by atoms with Gasteiger partial charge in [0.05, 0.1) is 27.7 Å². The summed E-state index contributed by atoms with van der Waals surface area (Å²) in [6, 6.07) is 10.3. The highest BCUT2D eigenvalue weighted by molar-refractivity contribution is 7.91. The lowest BCUT2D eigenvalue weighted by atomic mass is 10.2. The molecule has 0 radical (unpaired) electrons. The molecule has 1 aliphatic heterocycles. The van der Waals surface area contributed by atoms with Gasteiger partial charge in [-0.25, -0.2) is 13.4 Å². The van der Waals surface area contributed by atoms with Crippen molar-refractivity contribution in [2.24, 2.45) is 0 Å². The number of benzene rings is 2. The van der Waals surface area contributed by atoms with Crippen molar-refractivity contribution in [2.45, 2.75) is 4.90 Å². The van der Waals surface area contributed by atoms with Crippen molar-refractivity contribution in [1.82, 2.24) is 9.88 Å². The third-order valence-electron chi connectivity index (χ3n) is 5.31. The van der Waals surface area contributed by atoms with Crippen molar-refractivity contribution in [2.75, 3.05) is 50.5 Å². The van der Waals surface area contributed by atoms with E-state index in [1.807, 2.05) is 0 Å². The molecule has 0 aliphatic carbocycles. The Morgan fingerprint density at radius 1 is 1.21 bits per heavy atom. The maximum Gasteiger partial charge on any atom is 0.269 e. The average Bonchev–Trinajstić information content (AvgIpc) is 3.23. The molecular formula is C21H23ClN4O6S2. The van der Waals surface area contributed by atoms with Crippen LogP contribution in [0.3, 0.4) is 0 Å². The zero-order valence-corrected chi connectivity index (χ0v) is 20.7. The molecule has 0 bridgehead atoms. The molecule has 1 amide bonds. The van der Waals surface area contributed by atoms with Gasteiger partial charge < -0.3 is 4.74 Å². The van der Waals surface area contributed by atoms with Gasteiger partial charge in [0.2, 0.25) is 0 Å². The molecule has 13 heteroatoms. The fourth-order valence-electron chi connectivity index (χ4n) is 3.56. The molecule has 1 saturated heterocycles. The van der Waals surface area contributed by atoms with Gasteiger partial charge in [-0.3, -0.25) is 24.7 Å². The number of aromatic nitrogens is 1. The van der Waals surface area contributed by atoms with Gasteiger partial charge in [0.25, 0.3) is 11.6 Å². The number of nitro benzene ring substituents is 1. The first kappa shape index (κ1) is 26.0. The summed E-state index contributed by atoms with van der Waals surface area (Å²) < 4.78 is 30.5. The quantitative estimate of drug-likeness (QED) is 0.340. The Morgan fingerprint density at radius 3 is 2.50 bits per heavy atom. The van der Waals surface area contributed by atoms with Crippen LogP contribution in [0.2, 0.25) is 0 Å². The minimum Gasteiger partial charge on any atom is -0.379 e. The molecule has 1 aromatic heterocycles. The number of nitro groups is 1. The summed E-state index contributed by atoms with van der Waals surface area (Å²) in [6.45, 7) is 3.64. The maximum absolute atomic E-state index is 13.4. The molecule has 3 aromatic rings. The second-order valence-electron chi connectivity index (χ2n) is 7.59. The minimum atomic E-state index is -3.50. The first-order valence-electron chi connectivity index (χ1n) is 10.2. The van der Waals surface area contributed by atoms with Crippen molar-refractivity contribution < 1.29 is 22.9 Å². The molecular weight excluding hydrogens is 504 g/mol. The number of carbonyl (C=O) groups is 1. The van der Waals surface area contributed by atoms with Gasteiger partial charge in [-0.2, -0.15) is 0 Å². The molecule has 1 fully saturated rings. The second-order valence-corrected chi connectivity index (χ2v) is 10.6. The van der Waals surface area contributed by atoms with E-state index in [1.165, 1.54) is 46.6 Å². The Morgan fingerprint density at radius 2 is 1.88 bits per heavy atom. The number of thiazole rings is 1. The normalized spacial score (nSPS) is 14.5. The number of halogens is 1. The van der Waals surface area contributed by atoms with Gasteiger partial charge in [0.1, 0.15) is 5.52 Å². The van der Waals surface area contributed by atoms with Crippen molar-refractivity contribution in [1.29, 1.82) is 0 Å². The molecule has 0 unspecified atom stereocenters. The Balaban J connectivity index is 0.00000324. The number of anilines is 1. The van der Waals surface area contributed by atoms with Gasteiger partial charge in [0.15, 0.2) is 15.0 Å². The first-order valence-corrected chi connectivity index (χ1v) is 12.9. The van der Waals surface area contributed by atoms with E-state index in [0.717, 1.165) is 19.3 Å². The topological polar surface area (TPSA) is 123 Å². The Bertz CT molecular complexity index is 1290. The molecule has 182 valence electrons. The first-order chi connectivity index (χ1) is 15.7. The van der Waals surface area contributed by atoms with Gasteiger partial charge in [-0.15, -0.1) is 12.4 Å². The molecule has 0 saturated carbocycles. The number of fused-ring (bicyclic) bond motifs is 1. The molecule has 1 aliphatic rings. The van der Waals surface area contributed by atoms with Crippen molar-refractivity contribution in [3.63, 3.8) is 0 Å². The number of hydrogen-bond acceptors (Lipinski definition) is 9. The predicted molar refractivity (Wildman–Crippen MR) is 132 cm³/mol. The molecule has 0 atom stereocenters. The highest BCUT2D eigenvalue weighted by atomic mass is 35.5. The van der Waals surface area contributed by atoms with E-state index in [2.05, 4.69) is 9.88 Å². The van der Waals surface area contributed by atoms with Gasteiger partial charge >= 0.3 is 0 Å². The summed E-state index contributed by atoms with van der Waals surface area (Å²) >= 11 is 1.23. The number of amides is 1. The lowest BCUT2D eigenvalue weighted by Gasteiger charge is -2.29. The van der Waals surface area contributed by atoms with Crippen LogP contribution in [-0.4, -0.2) is 74.8 Å². The number of hydrogen-bond donors (Lipinski definition) is 0. The van der Waals surface area contributed by atoms with Crippen LogP contribution in [0.1, 0.15) is 10.4 Å². The summed E-state index contributed by atoms with van der Waals surface area (Å²) in [4.78, 5) is 32.2. The lowest BCUT2D eigenvalue weighted by Crippen LogP contribution is -2.43. The number of rotatable bonds is 7. The second kappa shape index (κ2) is 10.7. The number of ether oxygens (including phenoxy) is 1. The van der Waals surface area contributed by atoms with E-state index >= 15 is 0 Å². The monoisotopic (exact) mass is 526 g/mol. The number of nitrogens with zero attached hydrogens (tertiary/aromatic N) is 4. The third-order valence-corrected chi connectivity index (χ3v) is 7.49. The van der Waals surface area contributed by atoms with Crippen LogP contribution in [0.4, 0.5) is 10.8 Å². The summed E-state index contributed by atoms with van der Waals surface area (Å²) in [6.07, 6.45) is 1.12. The predicted octanol–water partition coefficient (Wildman–Crippen LogP) is 3.01. The Kier molecular flexibility index (Phi) is 8.21. The SMILES string of the molecule is CS(=O)(=O)c1cccc2sc(N(CCN3CCOCC3)C(=O)c3ccc([N+](=O)[O-])cc3)nc12.Cl. The number of morpholine rings is 1. The minimum absolute atomic E-state index is 0. The van der Waals surface area contributed by atoms with Crippen LogP contribution in [0, 0.1) is 10.1 Å². The molecule has 34 heavy (non-hydrogen) atoms. The van der Waals surface area contributed by atoms with Crippen molar-refractivity contribution in [3.8, 4) is 0 Å². The molecule has 0 spiro atoms. The van der Waals surface area contributed by atoms with E-state index < -0.39 is 14.8 Å². The van der Waals surface area contributed by atoms with Gasteiger partial charge in [-0.05, 0) is 24.3 Å². The fourth-order valence-corrected chi connectivity index (χ4v) is 5.47. The van der Waals surface area contributed by atoms with Crippen molar-refractivity contribution in [3.05, 3.63) is 58.1 Å². The highest BCUT2D eigenvalue weighted by Crippen LogP contribution is 2.33. The lowest BCUT2D eigenvalue weighted by molar-refractivity contribution is -0.384. The Labute approximate surface area is 206 Å². The Hall–Kier alpha value is -2.64. The number of para-hydroxylation sites is 1. The maximum atomic E-state index is 13.4. The van der Waals surface area contributed by atoms with Crippen LogP contribution in [-0.2, 0) is 14.6 Å². The van der Waals surface area contributed by atoms with Gasteiger partial charge in [-0.1, -0.05) is 17.4 Å². The zero-order chi connectivity index (χ0) is 23.6.